The van der Waals surface area contributed by atoms with Crippen LogP contribution in [-0.2, 0) is 0 Å². The van der Waals surface area contributed by atoms with Gasteiger partial charge in [-0.05, 0) is 12.3 Å². The van der Waals surface area contributed by atoms with Gasteiger partial charge in [-0.3, -0.25) is 0 Å². The maximum absolute atomic E-state index is 9.93. The number of rotatable bonds is 12. The first-order valence-corrected chi connectivity index (χ1v) is 7.92. The largest absolute Gasteiger partial charge is 0.396 e. The van der Waals surface area contributed by atoms with E-state index in [0.29, 0.717) is 5.92 Å². The zero-order valence-electron chi connectivity index (χ0n) is 12.7. The smallest absolute Gasteiger partial charge is 0.0613 e. The molecule has 0 unspecified atom stereocenters. The standard InChI is InChI=1S/C16H34O2/c1-4-5-6-7-8-9-10-11-12-14(2)16(18)15(3)13-17/h14-18H,4-13H2,1-3H3/t14-,15-,16+/m0/s1. The van der Waals surface area contributed by atoms with Gasteiger partial charge in [-0.2, -0.15) is 0 Å². The quantitative estimate of drug-likeness (QED) is 0.516. The van der Waals surface area contributed by atoms with E-state index in [-0.39, 0.29) is 18.6 Å². The van der Waals surface area contributed by atoms with Crippen molar-refractivity contribution in [3.8, 4) is 0 Å². The molecule has 0 aliphatic rings. The molecule has 0 radical (unpaired) electrons. The minimum atomic E-state index is -0.348. The van der Waals surface area contributed by atoms with E-state index in [1.54, 1.807) is 0 Å². The van der Waals surface area contributed by atoms with Crippen LogP contribution in [0.4, 0.5) is 0 Å². The highest BCUT2D eigenvalue weighted by atomic mass is 16.3. The molecule has 18 heavy (non-hydrogen) atoms. The van der Waals surface area contributed by atoms with E-state index in [9.17, 15) is 5.11 Å². The molecule has 2 nitrogen and oxygen atoms in total. The Morgan fingerprint density at radius 1 is 0.778 bits per heavy atom. The Bertz CT molecular complexity index is 170. The topological polar surface area (TPSA) is 40.5 Å². The van der Waals surface area contributed by atoms with Crippen LogP contribution in [-0.4, -0.2) is 22.9 Å². The van der Waals surface area contributed by atoms with Gasteiger partial charge in [0.2, 0.25) is 0 Å². The number of aliphatic hydroxyl groups is 2. The molecule has 0 amide bonds. The zero-order valence-corrected chi connectivity index (χ0v) is 12.7. The lowest BCUT2D eigenvalue weighted by Crippen LogP contribution is -2.27. The Hall–Kier alpha value is -0.0800. The maximum Gasteiger partial charge on any atom is 0.0613 e. The van der Waals surface area contributed by atoms with Gasteiger partial charge in [0.05, 0.1) is 6.10 Å². The average Bonchev–Trinajstić information content (AvgIpc) is 2.39. The molecule has 0 aliphatic heterocycles. The van der Waals surface area contributed by atoms with Crippen LogP contribution in [0, 0.1) is 11.8 Å². The first-order chi connectivity index (χ1) is 8.63. The third-order valence-corrected chi connectivity index (χ3v) is 3.97. The molecule has 0 aromatic carbocycles. The molecule has 0 fully saturated rings. The molecule has 110 valence electrons. The molecule has 0 aliphatic carbocycles. The fraction of sp³-hybridized carbons (Fsp3) is 1.00. The summed E-state index contributed by atoms with van der Waals surface area (Å²) in [4.78, 5) is 0. The molecule has 0 rings (SSSR count). The normalized spacial score (nSPS) is 16.5. The highest BCUT2D eigenvalue weighted by Crippen LogP contribution is 2.19. The van der Waals surface area contributed by atoms with Crippen molar-refractivity contribution in [3.05, 3.63) is 0 Å². The maximum atomic E-state index is 9.93. The molecule has 0 heterocycles. The van der Waals surface area contributed by atoms with Gasteiger partial charge in [-0.25, -0.2) is 0 Å². The van der Waals surface area contributed by atoms with Crippen molar-refractivity contribution in [3.63, 3.8) is 0 Å². The minimum Gasteiger partial charge on any atom is -0.396 e. The number of hydrogen-bond donors (Lipinski definition) is 2. The van der Waals surface area contributed by atoms with Gasteiger partial charge in [-0.1, -0.05) is 72.1 Å². The fourth-order valence-electron chi connectivity index (χ4n) is 2.44. The van der Waals surface area contributed by atoms with Crippen molar-refractivity contribution < 1.29 is 10.2 Å². The third kappa shape index (κ3) is 8.93. The van der Waals surface area contributed by atoms with Crippen LogP contribution >= 0.6 is 0 Å². The molecule has 2 heteroatoms. The Morgan fingerprint density at radius 3 is 1.78 bits per heavy atom. The van der Waals surface area contributed by atoms with Crippen molar-refractivity contribution in [1.29, 1.82) is 0 Å². The van der Waals surface area contributed by atoms with Gasteiger partial charge < -0.3 is 10.2 Å². The number of aliphatic hydroxyl groups excluding tert-OH is 2. The second-order valence-electron chi connectivity index (χ2n) is 5.89. The molecule has 0 aromatic rings. The minimum absolute atomic E-state index is 0.00837. The molecule has 0 saturated heterocycles. The van der Waals surface area contributed by atoms with Crippen LogP contribution in [0.15, 0.2) is 0 Å². The number of unbranched alkanes of at least 4 members (excludes halogenated alkanes) is 7. The third-order valence-electron chi connectivity index (χ3n) is 3.97. The molecule has 3 atom stereocenters. The molecule has 0 saturated carbocycles. The van der Waals surface area contributed by atoms with Gasteiger partial charge in [0, 0.05) is 12.5 Å². The first-order valence-electron chi connectivity index (χ1n) is 7.92. The highest BCUT2D eigenvalue weighted by molar-refractivity contribution is 4.70. The van der Waals surface area contributed by atoms with E-state index in [2.05, 4.69) is 13.8 Å². The van der Waals surface area contributed by atoms with Crippen LogP contribution in [0.2, 0.25) is 0 Å². The van der Waals surface area contributed by atoms with E-state index in [1.807, 2.05) is 6.92 Å². The van der Waals surface area contributed by atoms with Gasteiger partial charge in [0.1, 0.15) is 0 Å². The Morgan fingerprint density at radius 2 is 1.28 bits per heavy atom. The van der Waals surface area contributed by atoms with Crippen molar-refractivity contribution in [2.24, 2.45) is 11.8 Å². The second kappa shape index (κ2) is 12.0. The molecular weight excluding hydrogens is 224 g/mol. The van der Waals surface area contributed by atoms with E-state index in [1.165, 1.54) is 51.4 Å². The van der Waals surface area contributed by atoms with Crippen LogP contribution in [0.1, 0.15) is 78.6 Å². The SMILES string of the molecule is CCCCCCCCCC[C@H](C)[C@@H](O)[C@@H](C)CO. The van der Waals surface area contributed by atoms with Crippen molar-refractivity contribution in [2.45, 2.75) is 84.7 Å². The summed E-state index contributed by atoms with van der Waals surface area (Å²) in [6.07, 6.45) is 11.4. The Labute approximate surface area is 114 Å². The van der Waals surface area contributed by atoms with E-state index < -0.39 is 0 Å². The average molecular weight is 258 g/mol. The van der Waals surface area contributed by atoms with Gasteiger partial charge in [0.25, 0.3) is 0 Å². The highest BCUT2D eigenvalue weighted by Gasteiger charge is 2.19. The summed E-state index contributed by atoms with van der Waals surface area (Å²) < 4.78 is 0. The van der Waals surface area contributed by atoms with Crippen molar-refractivity contribution in [1.82, 2.24) is 0 Å². The van der Waals surface area contributed by atoms with Gasteiger partial charge >= 0.3 is 0 Å². The Balaban J connectivity index is 3.37. The summed E-state index contributed by atoms with van der Waals surface area (Å²) in [5.41, 5.74) is 0. The fourth-order valence-corrected chi connectivity index (χ4v) is 2.44. The molecule has 2 N–H and O–H groups in total. The predicted molar refractivity (Wildman–Crippen MR) is 78.6 cm³/mol. The summed E-state index contributed by atoms with van der Waals surface area (Å²) in [6, 6.07) is 0. The summed E-state index contributed by atoms with van der Waals surface area (Å²) in [5, 5.41) is 18.9. The van der Waals surface area contributed by atoms with Gasteiger partial charge in [0.15, 0.2) is 0 Å². The number of hydrogen-bond acceptors (Lipinski definition) is 2. The lowest BCUT2D eigenvalue weighted by Gasteiger charge is -2.23. The van der Waals surface area contributed by atoms with Crippen LogP contribution in [0.25, 0.3) is 0 Å². The van der Waals surface area contributed by atoms with Gasteiger partial charge in [-0.15, -0.1) is 0 Å². The predicted octanol–water partition coefficient (Wildman–Crippen LogP) is 4.14. The molecule has 0 aromatic heterocycles. The van der Waals surface area contributed by atoms with Crippen LogP contribution in [0.5, 0.6) is 0 Å². The van der Waals surface area contributed by atoms with Crippen molar-refractivity contribution >= 4 is 0 Å². The Kier molecular flexibility index (Phi) is 11.9. The summed E-state index contributed by atoms with van der Waals surface area (Å²) in [7, 11) is 0. The van der Waals surface area contributed by atoms with E-state index >= 15 is 0 Å². The lowest BCUT2D eigenvalue weighted by molar-refractivity contribution is 0.0331. The summed E-state index contributed by atoms with van der Waals surface area (Å²) in [5.74, 6) is 0.321. The molecule has 0 bridgehead atoms. The molecule has 0 spiro atoms. The second-order valence-corrected chi connectivity index (χ2v) is 5.89. The lowest BCUT2D eigenvalue weighted by atomic mass is 9.90. The van der Waals surface area contributed by atoms with Crippen LogP contribution in [0.3, 0.4) is 0 Å². The summed E-state index contributed by atoms with van der Waals surface area (Å²) >= 11 is 0. The first kappa shape index (κ1) is 17.9. The molecular formula is C16H34O2. The van der Waals surface area contributed by atoms with Crippen LogP contribution < -0.4 is 0 Å². The summed E-state index contributed by atoms with van der Waals surface area (Å²) in [6.45, 7) is 6.34. The van der Waals surface area contributed by atoms with E-state index in [4.69, 9.17) is 5.11 Å². The monoisotopic (exact) mass is 258 g/mol. The van der Waals surface area contributed by atoms with Crippen molar-refractivity contribution in [2.75, 3.05) is 6.61 Å². The zero-order chi connectivity index (χ0) is 13.8. The van der Waals surface area contributed by atoms with E-state index in [0.717, 1.165) is 6.42 Å².